The Bertz CT molecular complexity index is 5420. The number of rotatable bonds is 39. The number of phenols is 1. The van der Waals surface area contributed by atoms with E-state index in [2.05, 4.69) is 63.5 Å². The number of carbonyl (C=O) groups is 19. The molecule has 0 aliphatic carbocycles. The maximum absolute atomic E-state index is 16.1. The number of aliphatic hydroxyl groups excluding tert-OH is 1. The van der Waals surface area contributed by atoms with Crippen molar-refractivity contribution in [3.05, 3.63) is 102 Å². The highest BCUT2D eigenvalue weighted by Crippen LogP contribution is 2.30. The van der Waals surface area contributed by atoms with Crippen LogP contribution in [0.15, 0.2) is 85.2 Å². The van der Waals surface area contributed by atoms with Crippen LogP contribution in [0.5, 0.6) is 5.75 Å². The fraction of sp³-hybridized carbons (Fsp3) is 0.606. The number of carbonyl (C=O) groups excluding carboxylic acids is 17. The van der Waals surface area contributed by atoms with Gasteiger partial charge < -0.3 is 130 Å². The molecular weight excluding hydrogens is 1940 g/mol. The van der Waals surface area contributed by atoms with Gasteiger partial charge in [0.05, 0.1) is 24.8 Å². The molecule has 149 heavy (non-hydrogen) atoms. The zero-order valence-corrected chi connectivity index (χ0v) is 88.0. The predicted molar refractivity (Wildman–Crippen MR) is 557 cm³/mol. The van der Waals surface area contributed by atoms with Crippen LogP contribution in [0.4, 0.5) is 0 Å². The summed E-state index contributed by atoms with van der Waals surface area (Å²) in [5.41, 5.74) is 20.6. The number of primary amides is 1. The maximum atomic E-state index is 16.1. The van der Waals surface area contributed by atoms with Crippen molar-refractivity contribution in [3.63, 3.8) is 0 Å². The normalized spacial score (nSPS) is 23.6. The number of hydrogen-bond donors (Lipinski definition) is 19. The van der Waals surface area contributed by atoms with E-state index in [0.717, 1.165) is 82.7 Å². The van der Waals surface area contributed by atoms with Gasteiger partial charge in [-0.1, -0.05) is 167 Å². The lowest BCUT2D eigenvalue weighted by atomic mass is 9.99. The van der Waals surface area contributed by atoms with E-state index >= 15 is 38.4 Å². The Morgan fingerprint density at radius 3 is 1.68 bits per heavy atom. The van der Waals surface area contributed by atoms with Crippen molar-refractivity contribution in [1.82, 2.24) is 92.5 Å². The number of phenolic OH excluding ortho intramolecular Hbond substituents is 1. The van der Waals surface area contributed by atoms with Crippen LogP contribution >= 0.6 is 11.8 Å². The number of amides is 17. The highest BCUT2D eigenvalue weighted by molar-refractivity contribution is 8.00. The average molecular weight is 2100 g/mol. The van der Waals surface area contributed by atoms with Gasteiger partial charge in [0.1, 0.15) is 96.9 Å². The van der Waals surface area contributed by atoms with E-state index in [4.69, 9.17) is 22.3 Å². The fourth-order valence-corrected chi connectivity index (χ4v) is 19.8. The van der Waals surface area contributed by atoms with Gasteiger partial charge in [-0.3, -0.25) is 91.1 Å². The maximum Gasteiger partial charge on any atom is 0.323 e. The number of aromatic amines is 1. The highest BCUT2D eigenvalue weighted by Gasteiger charge is 2.47. The third-order valence-electron chi connectivity index (χ3n) is 27.2. The van der Waals surface area contributed by atoms with Gasteiger partial charge in [0, 0.05) is 119 Å². The molecule has 17 amide bonds. The standard InChI is InChI=1S/C104H155N21O23S/c1-11-13-33-82-97(141)113-73(46-61(3)4)94(138)119-80(92(136)110-55-87(129)108-44-28-22-20-18-16-15-17-19-21-23-37-89(131)132)59-149-60-88(130)111-76(48-64-38-40-67(126)41-39-64)100(144)120(8)63(7)91(135)115-78(52-86(107)128)102(146)124-45-29-36-83(124)98(142)118-79(53-106)96(140)116-75(47-62(5)6)103(147)125-57-68(127)51-85(125)99(143)114-74(49-65-54-109-71-32-26-24-30-69(65)71)95(139)112-72(42-43-105)93(137)117-77(101(145)122(10)84(34-14-12-2)104(148)121(82)9)50-66-56-123(58-90(133)134)81-35-27-25-31-70(66)81/h24-27,30-32,35,38-41,54,56,61-63,68,72-80,82-85,109,126-127H,11-23,28-29,33-34,36-37,42-53,55,57-60,105-106H2,1-10H3,(H2,107,128)(H,108,129)(H,110,136)(H,111,130)(H,112,139)(H,113,141)(H,114,143)(H,115,135)(H,116,140)(H,117,137)(H,118,142)(H,119,138)(H,131,132)(H,133,134)/t63-,68+,72-,73-,74-,75-,76-,77-,78-,79-,80-,82-,83-,84-,85-/m0/s1. The molecule has 0 radical (unpaired) electrons. The van der Waals surface area contributed by atoms with E-state index < -0.39 is 254 Å². The van der Waals surface area contributed by atoms with Gasteiger partial charge >= 0.3 is 11.9 Å². The van der Waals surface area contributed by atoms with Crippen LogP contribution in [0.25, 0.3) is 21.8 Å². The first-order chi connectivity index (χ1) is 71.0. The molecular formula is C104H155N21O23S. The molecule has 44 nitrogen and oxygen atoms in total. The van der Waals surface area contributed by atoms with E-state index in [1.54, 1.807) is 82.4 Å². The van der Waals surface area contributed by atoms with Gasteiger partial charge in [0.2, 0.25) is 100 Å². The Hall–Kier alpha value is -13.3. The average Bonchev–Trinajstić information content (AvgIpc) is 1.65. The molecule has 2 aromatic heterocycles. The number of thioether (sulfide) groups is 1. The second kappa shape index (κ2) is 60.4. The van der Waals surface area contributed by atoms with Crippen molar-refractivity contribution in [3.8, 4) is 5.75 Å². The molecule has 3 saturated heterocycles. The number of H-pyrrole nitrogens is 1. The van der Waals surface area contributed by atoms with Crippen molar-refractivity contribution < 1.29 is 112 Å². The number of aromatic nitrogens is 2. The number of fused-ring (bicyclic) bond motifs is 4. The molecule has 3 aliphatic heterocycles. The number of nitrogens with zero attached hydrogens (tertiary/aromatic N) is 6. The van der Waals surface area contributed by atoms with Crippen molar-refractivity contribution in [2.24, 2.45) is 29.0 Å². The van der Waals surface area contributed by atoms with Gasteiger partial charge in [0.15, 0.2) is 0 Å². The number of aromatic hydroxyl groups is 1. The second-order valence-electron chi connectivity index (χ2n) is 39.9. The van der Waals surface area contributed by atoms with Crippen LogP contribution in [-0.2, 0) is 117 Å². The summed E-state index contributed by atoms with van der Waals surface area (Å²) in [5.74, 6) is -19.2. The molecule has 0 saturated carbocycles. The lowest BCUT2D eigenvalue weighted by Crippen LogP contribution is -2.62. The molecule has 22 N–H and O–H groups in total. The number of aliphatic carboxylic acids is 2. The molecule has 3 aromatic carbocycles. The summed E-state index contributed by atoms with van der Waals surface area (Å²) in [6.07, 6.45) is 9.74. The number of aliphatic hydroxyl groups is 1. The summed E-state index contributed by atoms with van der Waals surface area (Å²) < 4.78 is 1.45. The van der Waals surface area contributed by atoms with Crippen LogP contribution in [0, 0.1) is 11.8 Å². The SMILES string of the molecule is CCCC[C@H]1C(=O)N(C)[C@@H](CCCC)C(=O)N[C@@H](CC(C)C)C(=O)N[C@H](C(=O)NCC(=O)NCCCCCCCCCCCCC(=O)O)CSCC(=O)N[C@@H](Cc2ccc(O)cc2)C(=O)N(C)[C@@H](C)C(=O)N[C@@H](CC(N)=O)C(=O)N2CCC[C@H]2C(=O)N[C@@H](CN)C(=O)N[C@@H](CC(C)C)C(=O)N2C[C@H](O)C[C@H]2C(=O)N[C@@H](Cc2c[nH]c3ccccc23)C(=O)N[C@@H](CCN)C(=O)N[C@@H](Cc2cn(CC(=O)O)c3ccccc23)C(=O)N1C. The first kappa shape index (κ1) is 121. The van der Waals surface area contributed by atoms with E-state index in [9.17, 15) is 68.1 Å². The zero-order chi connectivity index (χ0) is 109. The fourth-order valence-electron chi connectivity index (χ4n) is 18.9. The second-order valence-corrected chi connectivity index (χ2v) is 40.9. The molecule has 3 fully saturated rings. The Morgan fingerprint density at radius 2 is 1.05 bits per heavy atom. The summed E-state index contributed by atoms with van der Waals surface area (Å²) in [6, 6.07) is -2.20. The summed E-state index contributed by atoms with van der Waals surface area (Å²) in [7, 11) is 3.95. The Morgan fingerprint density at radius 1 is 0.510 bits per heavy atom. The number of hydrogen-bond acceptors (Lipinski definition) is 24. The number of unbranched alkanes of at least 4 members (excludes halogenated alkanes) is 11. The van der Waals surface area contributed by atoms with Gasteiger partial charge in [-0.25, -0.2) is 0 Å². The Labute approximate surface area is 873 Å². The monoisotopic (exact) mass is 2100 g/mol. The highest BCUT2D eigenvalue weighted by atomic mass is 32.2. The number of nitrogens with two attached hydrogens (primary N) is 3. The van der Waals surface area contributed by atoms with Crippen molar-refractivity contribution in [2.75, 3.05) is 71.9 Å². The molecule has 820 valence electrons. The van der Waals surface area contributed by atoms with Gasteiger partial charge in [-0.2, -0.15) is 0 Å². The number of para-hydroxylation sites is 2. The Balaban J connectivity index is 1.18. The first-order valence-corrected chi connectivity index (χ1v) is 53.1. The quantitative estimate of drug-likeness (QED) is 0.0249. The summed E-state index contributed by atoms with van der Waals surface area (Å²) in [6.45, 7) is 9.70. The van der Waals surface area contributed by atoms with E-state index in [1.165, 1.54) is 68.0 Å². The van der Waals surface area contributed by atoms with Crippen LogP contribution in [0.1, 0.15) is 219 Å². The van der Waals surface area contributed by atoms with Gasteiger partial charge in [-0.05, 0) is 124 Å². The number of benzene rings is 3. The number of carboxylic acid groups (broad SMARTS) is 2. The number of nitrogens with one attached hydrogen (secondary N) is 12. The topological polar surface area (TPSA) is 653 Å². The largest absolute Gasteiger partial charge is 0.508 e. The lowest BCUT2D eigenvalue weighted by Gasteiger charge is -2.36. The van der Waals surface area contributed by atoms with Crippen LogP contribution in [0.3, 0.4) is 0 Å². The van der Waals surface area contributed by atoms with Gasteiger partial charge in [-0.15, -0.1) is 11.8 Å². The summed E-state index contributed by atoms with van der Waals surface area (Å²) in [4.78, 5) is 286. The number of likely N-dealkylation sites (N-methyl/N-ethyl adjacent to an activating group) is 3. The third-order valence-corrected chi connectivity index (χ3v) is 28.2. The minimum atomic E-state index is -1.78. The van der Waals surface area contributed by atoms with Crippen molar-refractivity contribution in [2.45, 2.75) is 319 Å². The van der Waals surface area contributed by atoms with Crippen LogP contribution in [-0.4, -0.2) is 329 Å². The predicted octanol–water partition coefficient (Wildman–Crippen LogP) is 1.77. The lowest BCUT2D eigenvalue weighted by molar-refractivity contribution is -0.149. The molecule has 8 rings (SSSR count). The summed E-state index contributed by atoms with van der Waals surface area (Å²) >= 11 is 0.812. The smallest absolute Gasteiger partial charge is 0.323 e. The molecule has 45 heteroatoms. The molecule has 5 aromatic rings. The molecule has 15 atom stereocenters. The van der Waals surface area contributed by atoms with Gasteiger partial charge in [0.25, 0.3) is 0 Å². The molecule has 0 unspecified atom stereocenters. The van der Waals surface area contributed by atoms with Crippen molar-refractivity contribution >= 4 is 146 Å². The first-order valence-electron chi connectivity index (χ1n) is 51.9. The van der Waals surface area contributed by atoms with Crippen LogP contribution < -0.4 is 75.7 Å². The van der Waals surface area contributed by atoms with E-state index in [1.807, 2.05) is 13.8 Å². The minimum absolute atomic E-state index is 0.00259. The van der Waals surface area contributed by atoms with E-state index in [-0.39, 0.29) is 108 Å². The molecule has 0 spiro atoms. The van der Waals surface area contributed by atoms with Crippen LogP contribution in [0.2, 0.25) is 0 Å². The molecule has 5 heterocycles. The Kier molecular flexibility index (Phi) is 49.0. The van der Waals surface area contributed by atoms with E-state index in [0.29, 0.717) is 77.0 Å². The third kappa shape index (κ3) is 36.9. The molecule has 3 aliphatic rings. The summed E-state index contributed by atoms with van der Waals surface area (Å²) in [5, 5.41) is 71.9. The number of carboxylic acids is 2. The minimum Gasteiger partial charge on any atom is -0.508 e. The van der Waals surface area contributed by atoms with Crippen molar-refractivity contribution in [1.29, 1.82) is 0 Å². The zero-order valence-electron chi connectivity index (χ0n) is 87.2. The molecule has 0 bridgehead atoms.